The Balaban J connectivity index is 1.60. The van der Waals surface area contributed by atoms with Crippen LogP contribution in [0.4, 0.5) is 5.69 Å². The Morgan fingerprint density at radius 3 is 2.77 bits per heavy atom. The number of carbonyl (C=O) groups is 2. The Morgan fingerprint density at radius 1 is 1.31 bits per heavy atom. The lowest BCUT2D eigenvalue weighted by molar-refractivity contribution is -0.120. The van der Waals surface area contributed by atoms with Crippen molar-refractivity contribution in [1.29, 1.82) is 0 Å². The number of imidazole rings is 1. The molecule has 0 saturated heterocycles. The summed E-state index contributed by atoms with van der Waals surface area (Å²) in [6.45, 7) is 0.0285. The van der Waals surface area contributed by atoms with Crippen molar-refractivity contribution in [2.75, 3.05) is 5.32 Å². The highest BCUT2D eigenvalue weighted by Gasteiger charge is 2.21. The highest BCUT2D eigenvalue weighted by atomic mass is 35.5. The second-order valence-corrected chi connectivity index (χ2v) is 6.92. The molecule has 1 aromatic heterocycles. The molecular weight excluding hydrogens is 354 g/mol. The number of ether oxygens (including phenoxy) is 1. The zero-order valence-electron chi connectivity index (χ0n) is 14.7. The molecule has 3 rings (SSSR count). The SMILES string of the molecule is Cn1c(Cl)cnc1COC(=O)c1cccc(NC(=O)C2CCCCC2)c1. The fourth-order valence-corrected chi connectivity index (χ4v) is 3.25. The standard InChI is InChI=1S/C19H22ClN3O3/c1-23-16(20)11-21-17(23)12-26-19(25)14-8-5-9-15(10-14)22-18(24)13-6-3-2-4-7-13/h5,8-11,13H,2-4,6-7,12H2,1H3,(H,22,24). The smallest absolute Gasteiger partial charge is 0.338 e. The molecule has 0 radical (unpaired) electrons. The summed E-state index contributed by atoms with van der Waals surface area (Å²) in [5.74, 6) is 0.174. The number of halogens is 1. The first-order valence-electron chi connectivity index (χ1n) is 8.79. The predicted molar refractivity (Wildman–Crippen MR) is 99.0 cm³/mol. The quantitative estimate of drug-likeness (QED) is 0.803. The number of nitrogens with one attached hydrogen (secondary N) is 1. The van der Waals surface area contributed by atoms with E-state index in [4.69, 9.17) is 16.3 Å². The molecule has 0 aliphatic heterocycles. The third kappa shape index (κ3) is 4.43. The van der Waals surface area contributed by atoms with Gasteiger partial charge in [-0.1, -0.05) is 36.9 Å². The van der Waals surface area contributed by atoms with Crippen LogP contribution >= 0.6 is 11.6 Å². The maximum atomic E-state index is 12.3. The third-order valence-corrected chi connectivity index (χ3v) is 5.05. The fraction of sp³-hybridized carbons (Fsp3) is 0.421. The first kappa shape index (κ1) is 18.5. The van der Waals surface area contributed by atoms with Gasteiger partial charge >= 0.3 is 5.97 Å². The number of hydrogen-bond donors (Lipinski definition) is 1. The van der Waals surface area contributed by atoms with Crippen LogP contribution < -0.4 is 5.32 Å². The van der Waals surface area contributed by atoms with Gasteiger partial charge in [0.05, 0.1) is 11.8 Å². The van der Waals surface area contributed by atoms with Gasteiger partial charge in [-0.3, -0.25) is 4.79 Å². The number of carbonyl (C=O) groups excluding carboxylic acids is 2. The lowest BCUT2D eigenvalue weighted by Gasteiger charge is -2.20. The Kier molecular flexibility index (Phi) is 5.93. The van der Waals surface area contributed by atoms with Crippen molar-refractivity contribution >= 4 is 29.2 Å². The van der Waals surface area contributed by atoms with Gasteiger partial charge in [0.1, 0.15) is 17.6 Å². The van der Waals surface area contributed by atoms with Crippen molar-refractivity contribution in [3.8, 4) is 0 Å². The zero-order chi connectivity index (χ0) is 18.5. The van der Waals surface area contributed by atoms with Gasteiger partial charge in [0, 0.05) is 18.7 Å². The highest BCUT2D eigenvalue weighted by Crippen LogP contribution is 2.25. The summed E-state index contributed by atoms with van der Waals surface area (Å²) < 4.78 is 6.94. The van der Waals surface area contributed by atoms with E-state index < -0.39 is 5.97 Å². The van der Waals surface area contributed by atoms with Crippen molar-refractivity contribution in [3.05, 3.63) is 47.0 Å². The molecule has 0 unspecified atom stereocenters. The summed E-state index contributed by atoms with van der Waals surface area (Å²) in [4.78, 5) is 28.7. The molecular formula is C19H22ClN3O3. The Bertz CT molecular complexity index is 797. The number of benzene rings is 1. The van der Waals surface area contributed by atoms with E-state index in [1.807, 2.05) is 0 Å². The Morgan fingerprint density at radius 2 is 2.08 bits per heavy atom. The molecule has 0 spiro atoms. The topological polar surface area (TPSA) is 73.2 Å². The lowest BCUT2D eigenvalue weighted by atomic mass is 9.88. The molecule has 1 aromatic carbocycles. The minimum absolute atomic E-state index is 0.0258. The molecule has 26 heavy (non-hydrogen) atoms. The maximum Gasteiger partial charge on any atom is 0.338 e. The summed E-state index contributed by atoms with van der Waals surface area (Å²) in [6.07, 6.45) is 6.77. The normalized spacial score (nSPS) is 14.8. The first-order chi connectivity index (χ1) is 12.5. The largest absolute Gasteiger partial charge is 0.454 e. The Hall–Kier alpha value is -2.34. The summed E-state index contributed by atoms with van der Waals surface area (Å²) in [7, 11) is 1.75. The van der Waals surface area contributed by atoms with Crippen molar-refractivity contribution in [1.82, 2.24) is 9.55 Å². The number of nitrogens with zero attached hydrogens (tertiary/aromatic N) is 2. The molecule has 1 N–H and O–H groups in total. The van der Waals surface area contributed by atoms with E-state index in [2.05, 4.69) is 10.3 Å². The number of aromatic nitrogens is 2. The van der Waals surface area contributed by atoms with Crippen LogP contribution in [0.5, 0.6) is 0 Å². The second kappa shape index (κ2) is 8.36. The minimum atomic E-state index is -0.474. The summed E-state index contributed by atoms with van der Waals surface area (Å²) >= 11 is 5.91. The predicted octanol–water partition coefficient (Wildman–Crippen LogP) is 3.95. The van der Waals surface area contributed by atoms with Crippen molar-refractivity contribution in [3.63, 3.8) is 0 Å². The van der Waals surface area contributed by atoms with Crippen LogP contribution in [0.25, 0.3) is 0 Å². The monoisotopic (exact) mass is 375 g/mol. The van der Waals surface area contributed by atoms with Gasteiger partial charge in [-0.15, -0.1) is 0 Å². The number of rotatable bonds is 5. The van der Waals surface area contributed by atoms with E-state index in [9.17, 15) is 9.59 Å². The van der Waals surface area contributed by atoms with E-state index >= 15 is 0 Å². The van der Waals surface area contributed by atoms with Crippen LogP contribution in [0.2, 0.25) is 5.15 Å². The molecule has 0 atom stereocenters. The molecule has 2 aromatic rings. The van der Waals surface area contributed by atoms with E-state index in [0.717, 1.165) is 25.7 Å². The minimum Gasteiger partial charge on any atom is -0.454 e. The Labute approximate surface area is 157 Å². The summed E-state index contributed by atoms with van der Waals surface area (Å²) in [6, 6.07) is 6.79. The van der Waals surface area contributed by atoms with Gasteiger partial charge < -0.3 is 14.6 Å². The van der Waals surface area contributed by atoms with Crippen molar-refractivity contribution < 1.29 is 14.3 Å². The van der Waals surface area contributed by atoms with Gasteiger partial charge in [-0.05, 0) is 31.0 Å². The average molecular weight is 376 g/mol. The molecule has 1 aliphatic rings. The highest BCUT2D eigenvalue weighted by molar-refractivity contribution is 6.29. The van der Waals surface area contributed by atoms with Crippen LogP contribution in [-0.4, -0.2) is 21.4 Å². The molecule has 6 nitrogen and oxygen atoms in total. The first-order valence-corrected chi connectivity index (χ1v) is 9.16. The number of esters is 1. The van der Waals surface area contributed by atoms with Crippen molar-refractivity contribution in [2.24, 2.45) is 13.0 Å². The van der Waals surface area contributed by atoms with Gasteiger partial charge in [0.25, 0.3) is 0 Å². The fourth-order valence-electron chi connectivity index (χ4n) is 3.10. The molecule has 7 heteroatoms. The van der Waals surface area contributed by atoms with Crippen LogP contribution in [0.15, 0.2) is 30.5 Å². The number of anilines is 1. The molecule has 1 aliphatic carbocycles. The molecule has 0 bridgehead atoms. The van der Waals surface area contributed by atoms with Gasteiger partial charge in [-0.25, -0.2) is 9.78 Å². The number of hydrogen-bond acceptors (Lipinski definition) is 4. The van der Waals surface area contributed by atoms with E-state index in [0.29, 0.717) is 22.2 Å². The molecule has 138 valence electrons. The molecule has 1 amide bonds. The third-order valence-electron chi connectivity index (χ3n) is 4.70. The van der Waals surface area contributed by atoms with Gasteiger partial charge in [-0.2, -0.15) is 0 Å². The zero-order valence-corrected chi connectivity index (χ0v) is 15.5. The van der Waals surface area contributed by atoms with E-state index in [1.54, 1.807) is 35.9 Å². The van der Waals surface area contributed by atoms with Crippen LogP contribution in [0.3, 0.4) is 0 Å². The van der Waals surface area contributed by atoms with Crippen LogP contribution in [0, 0.1) is 5.92 Å². The molecule has 1 heterocycles. The van der Waals surface area contributed by atoms with Crippen LogP contribution in [-0.2, 0) is 23.2 Å². The van der Waals surface area contributed by atoms with E-state index in [1.165, 1.54) is 12.6 Å². The molecule has 1 saturated carbocycles. The van der Waals surface area contributed by atoms with Gasteiger partial charge in [0.15, 0.2) is 0 Å². The average Bonchev–Trinajstić information content (AvgIpc) is 2.99. The van der Waals surface area contributed by atoms with E-state index in [-0.39, 0.29) is 18.4 Å². The second-order valence-electron chi connectivity index (χ2n) is 6.54. The summed E-state index contributed by atoms with van der Waals surface area (Å²) in [5.41, 5.74) is 0.988. The number of amides is 1. The lowest BCUT2D eigenvalue weighted by Crippen LogP contribution is -2.24. The summed E-state index contributed by atoms with van der Waals surface area (Å²) in [5, 5.41) is 3.39. The van der Waals surface area contributed by atoms with Gasteiger partial charge in [0.2, 0.25) is 5.91 Å². The maximum absolute atomic E-state index is 12.3. The molecule has 1 fully saturated rings. The van der Waals surface area contributed by atoms with Crippen molar-refractivity contribution in [2.45, 2.75) is 38.7 Å². The van der Waals surface area contributed by atoms with Crippen LogP contribution in [0.1, 0.15) is 48.3 Å².